The molecule has 1 amide bonds. The van der Waals surface area contributed by atoms with Crippen molar-refractivity contribution in [2.24, 2.45) is 0 Å². The Morgan fingerprint density at radius 1 is 1.15 bits per heavy atom. The summed E-state index contributed by atoms with van der Waals surface area (Å²) >= 11 is 2.52. The molecular weight excluding hydrogens is 382 g/mol. The lowest BCUT2D eigenvalue weighted by molar-refractivity contribution is -0.113. The highest BCUT2D eigenvalue weighted by atomic mass is 32.2. The fourth-order valence-electron chi connectivity index (χ4n) is 2.25. The van der Waals surface area contributed by atoms with Crippen LogP contribution in [0.4, 0.5) is 5.69 Å². The second-order valence-electron chi connectivity index (χ2n) is 5.31. The minimum absolute atomic E-state index is 0.142. The molecule has 3 rings (SSSR count). The zero-order valence-electron chi connectivity index (χ0n) is 14.5. The van der Waals surface area contributed by atoms with Gasteiger partial charge >= 0.3 is 5.97 Å². The van der Waals surface area contributed by atoms with Crippen LogP contribution in [0.25, 0.3) is 10.4 Å². The van der Waals surface area contributed by atoms with Crippen LogP contribution in [0, 0.1) is 0 Å². The van der Waals surface area contributed by atoms with E-state index in [1.807, 2.05) is 30.3 Å². The summed E-state index contributed by atoms with van der Waals surface area (Å²) in [4.78, 5) is 34.0. The molecule has 0 saturated heterocycles. The fourth-order valence-corrected chi connectivity index (χ4v) is 3.87. The number of anilines is 1. The van der Waals surface area contributed by atoms with Crippen molar-refractivity contribution in [3.05, 3.63) is 59.7 Å². The minimum atomic E-state index is -0.445. The molecule has 0 radical (unpaired) electrons. The van der Waals surface area contributed by atoms with Crippen LogP contribution in [0.1, 0.15) is 16.6 Å². The third-order valence-electron chi connectivity index (χ3n) is 3.40. The van der Waals surface area contributed by atoms with Gasteiger partial charge in [0, 0.05) is 17.3 Å². The van der Waals surface area contributed by atoms with E-state index in [-0.39, 0.29) is 18.3 Å². The van der Waals surface area contributed by atoms with E-state index in [1.54, 1.807) is 31.5 Å². The number of hydrogen-bond acceptors (Lipinski definition) is 7. The Morgan fingerprint density at radius 2 is 1.89 bits per heavy atom. The van der Waals surface area contributed by atoms with Gasteiger partial charge in [-0.05, 0) is 24.6 Å². The number of amides is 1. The summed E-state index contributed by atoms with van der Waals surface area (Å²) in [6.07, 6.45) is 3.24. The van der Waals surface area contributed by atoms with E-state index in [0.29, 0.717) is 15.7 Å². The molecule has 1 aromatic carbocycles. The van der Waals surface area contributed by atoms with Crippen LogP contribution >= 0.6 is 23.1 Å². The number of thiophene rings is 1. The first kappa shape index (κ1) is 19.1. The molecule has 0 fully saturated rings. The average molecular weight is 399 g/mol. The van der Waals surface area contributed by atoms with E-state index in [4.69, 9.17) is 4.74 Å². The molecule has 0 spiro atoms. The van der Waals surface area contributed by atoms with Gasteiger partial charge in [-0.3, -0.25) is 4.79 Å². The second-order valence-corrected chi connectivity index (χ2v) is 7.30. The van der Waals surface area contributed by atoms with Crippen LogP contribution in [-0.2, 0) is 9.53 Å². The Balaban J connectivity index is 1.77. The highest BCUT2D eigenvalue weighted by Crippen LogP contribution is 2.35. The number of ether oxygens (including phenoxy) is 1. The zero-order valence-corrected chi connectivity index (χ0v) is 16.2. The number of nitrogens with zero attached hydrogens (tertiary/aromatic N) is 2. The first-order valence-corrected chi connectivity index (χ1v) is 10.0. The topological polar surface area (TPSA) is 81.2 Å². The van der Waals surface area contributed by atoms with Crippen molar-refractivity contribution in [3.8, 4) is 10.4 Å². The number of hydrogen-bond donors (Lipinski definition) is 1. The van der Waals surface area contributed by atoms with E-state index in [1.165, 1.54) is 23.1 Å². The Morgan fingerprint density at radius 3 is 2.59 bits per heavy atom. The molecule has 1 N–H and O–H groups in total. The third kappa shape index (κ3) is 5.15. The number of rotatable bonds is 7. The maximum absolute atomic E-state index is 12.3. The zero-order chi connectivity index (χ0) is 19.1. The normalized spacial score (nSPS) is 10.4. The lowest BCUT2D eigenvalue weighted by Crippen LogP contribution is -2.16. The van der Waals surface area contributed by atoms with Crippen LogP contribution in [-0.4, -0.2) is 34.2 Å². The number of benzene rings is 1. The van der Waals surface area contributed by atoms with E-state index in [2.05, 4.69) is 15.3 Å². The summed E-state index contributed by atoms with van der Waals surface area (Å²) in [5.41, 5.74) is 1.43. The molecule has 0 atom stereocenters. The van der Waals surface area contributed by atoms with Crippen LogP contribution in [0.15, 0.2) is 60.0 Å². The van der Waals surface area contributed by atoms with Crippen molar-refractivity contribution in [1.29, 1.82) is 0 Å². The number of esters is 1. The lowest BCUT2D eigenvalue weighted by atomic mass is 10.2. The molecule has 0 aliphatic carbocycles. The van der Waals surface area contributed by atoms with Crippen molar-refractivity contribution in [2.45, 2.75) is 12.1 Å². The molecule has 8 heteroatoms. The van der Waals surface area contributed by atoms with E-state index < -0.39 is 5.97 Å². The molecule has 0 saturated carbocycles. The molecule has 2 heterocycles. The van der Waals surface area contributed by atoms with E-state index >= 15 is 0 Å². The van der Waals surface area contributed by atoms with Gasteiger partial charge in [0.25, 0.3) is 0 Å². The van der Waals surface area contributed by atoms with Gasteiger partial charge < -0.3 is 10.1 Å². The Hall–Kier alpha value is -2.71. The highest BCUT2D eigenvalue weighted by molar-refractivity contribution is 7.99. The number of carbonyl (C=O) groups excluding carboxylic acids is 2. The van der Waals surface area contributed by atoms with Gasteiger partial charge in [-0.15, -0.1) is 11.3 Å². The fraction of sp³-hybridized carbons (Fsp3) is 0.158. The monoisotopic (exact) mass is 399 g/mol. The van der Waals surface area contributed by atoms with Crippen LogP contribution < -0.4 is 5.32 Å². The van der Waals surface area contributed by atoms with Crippen molar-refractivity contribution in [1.82, 2.24) is 9.97 Å². The summed E-state index contributed by atoms with van der Waals surface area (Å²) < 4.78 is 5.12. The van der Waals surface area contributed by atoms with Gasteiger partial charge in [0.15, 0.2) is 5.16 Å². The summed E-state index contributed by atoms with van der Waals surface area (Å²) in [5, 5.41) is 3.33. The standard InChI is InChI=1S/C19H17N3O3S2/c1-2-25-18(24)17-14(11-15(27-17)13-7-4-3-5-8-13)22-16(23)12-26-19-20-9-6-10-21-19/h3-11H,2,12H2,1H3,(H,22,23). The molecular formula is C19H17N3O3S2. The third-order valence-corrected chi connectivity index (χ3v) is 5.44. The van der Waals surface area contributed by atoms with Crippen LogP contribution in [0.5, 0.6) is 0 Å². The molecule has 0 aliphatic heterocycles. The molecule has 138 valence electrons. The minimum Gasteiger partial charge on any atom is -0.462 e. The quantitative estimate of drug-likeness (QED) is 0.366. The summed E-state index contributed by atoms with van der Waals surface area (Å²) in [6.45, 7) is 2.02. The van der Waals surface area contributed by atoms with Crippen molar-refractivity contribution < 1.29 is 14.3 Å². The average Bonchev–Trinajstić information content (AvgIpc) is 3.12. The van der Waals surface area contributed by atoms with E-state index in [0.717, 1.165) is 10.4 Å². The highest BCUT2D eigenvalue weighted by Gasteiger charge is 2.20. The van der Waals surface area contributed by atoms with Gasteiger partial charge in [-0.25, -0.2) is 14.8 Å². The van der Waals surface area contributed by atoms with E-state index in [9.17, 15) is 9.59 Å². The Labute approximate surface area is 165 Å². The van der Waals surface area contributed by atoms with Gasteiger partial charge in [0.2, 0.25) is 5.91 Å². The van der Waals surface area contributed by atoms with Gasteiger partial charge in [0.1, 0.15) is 4.88 Å². The summed E-state index contributed by atoms with van der Waals surface area (Å²) in [7, 11) is 0. The smallest absolute Gasteiger partial charge is 0.350 e. The number of nitrogens with one attached hydrogen (secondary N) is 1. The molecule has 0 unspecified atom stereocenters. The number of aromatic nitrogens is 2. The van der Waals surface area contributed by atoms with Crippen LogP contribution in [0.2, 0.25) is 0 Å². The van der Waals surface area contributed by atoms with Gasteiger partial charge in [-0.2, -0.15) is 0 Å². The Bertz CT molecular complexity index is 914. The maximum Gasteiger partial charge on any atom is 0.350 e. The predicted octanol–water partition coefficient (Wildman–Crippen LogP) is 4.11. The largest absolute Gasteiger partial charge is 0.462 e. The molecule has 0 aliphatic rings. The van der Waals surface area contributed by atoms with Gasteiger partial charge in [0.05, 0.1) is 18.0 Å². The molecule has 6 nitrogen and oxygen atoms in total. The number of carbonyl (C=O) groups is 2. The summed E-state index contributed by atoms with van der Waals surface area (Å²) in [5.74, 6) is -0.544. The summed E-state index contributed by atoms with van der Waals surface area (Å²) in [6, 6.07) is 13.2. The van der Waals surface area contributed by atoms with Crippen molar-refractivity contribution >= 4 is 40.7 Å². The van der Waals surface area contributed by atoms with Gasteiger partial charge in [-0.1, -0.05) is 42.1 Å². The van der Waals surface area contributed by atoms with Crippen molar-refractivity contribution in [2.75, 3.05) is 17.7 Å². The molecule has 0 bridgehead atoms. The first-order chi connectivity index (χ1) is 13.2. The SMILES string of the molecule is CCOC(=O)c1sc(-c2ccccc2)cc1NC(=O)CSc1ncccn1. The van der Waals surface area contributed by atoms with Crippen LogP contribution in [0.3, 0.4) is 0 Å². The predicted molar refractivity (Wildman–Crippen MR) is 107 cm³/mol. The number of thioether (sulfide) groups is 1. The molecule has 3 aromatic rings. The Kier molecular flexibility index (Phi) is 6.56. The molecule has 27 heavy (non-hydrogen) atoms. The maximum atomic E-state index is 12.3. The molecule has 2 aromatic heterocycles. The first-order valence-electron chi connectivity index (χ1n) is 8.23. The van der Waals surface area contributed by atoms with Crippen molar-refractivity contribution in [3.63, 3.8) is 0 Å². The second kappa shape index (κ2) is 9.29. The lowest BCUT2D eigenvalue weighted by Gasteiger charge is -2.05.